The third-order valence-electron chi connectivity index (χ3n) is 4.93. The molecule has 0 bridgehead atoms. The average molecular weight is 355 g/mol. The Bertz CT molecular complexity index is 1080. The van der Waals surface area contributed by atoms with E-state index in [-0.39, 0.29) is 6.42 Å². The first-order chi connectivity index (χ1) is 13.2. The van der Waals surface area contributed by atoms with E-state index in [4.69, 9.17) is 0 Å². The normalized spacial score (nSPS) is 11.0. The van der Waals surface area contributed by atoms with Gasteiger partial charge in [-0.1, -0.05) is 72.8 Å². The average Bonchev–Trinajstić information content (AvgIpc) is 3.04. The standard InChI is InChI=1S/C24H21NO2/c26-24(27)16-21-20-11-4-5-12-22(20)25-23(21)14-13-17-7-6-10-19(15-17)18-8-2-1-3-9-18/h1-12,15,25H,13-14,16H2,(H,26,27). The maximum Gasteiger partial charge on any atom is 0.307 e. The molecule has 4 rings (SSSR count). The zero-order chi connectivity index (χ0) is 18.6. The van der Waals surface area contributed by atoms with Gasteiger partial charge in [0, 0.05) is 16.6 Å². The highest BCUT2D eigenvalue weighted by atomic mass is 16.4. The summed E-state index contributed by atoms with van der Waals surface area (Å²) in [6.45, 7) is 0. The van der Waals surface area contributed by atoms with Crippen molar-refractivity contribution in [2.45, 2.75) is 19.3 Å². The van der Waals surface area contributed by atoms with Gasteiger partial charge in [0.05, 0.1) is 6.42 Å². The van der Waals surface area contributed by atoms with E-state index in [1.807, 2.05) is 42.5 Å². The Hall–Kier alpha value is -3.33. The van der Waals surface area contributed by atoms with Crippen LogP contribution in [0.3, 0.4) is 0 Å². The highest BCUT2D eigenvalue weighted by Crippen LogP contribution is 2.25. The van der Waals surface area contributed by atoms with Crippen molar-refractivity contribution < 1.29 is 9.90 Å². The zero-order valence-electron chi connectivity index (χ0n) is 15.0. The van der Waals surface area contributed by atoms with Gasteiger partial charge in [-0.15, -0.1) is 0 Å². The molecular formula is C24H21NO2. The summed E-state index contributed by atoms with van der Waals surface area (Å²) in [6, 6.07) is 26.8. The van der Waals surface area contributed by atoms with Crippen molar-refractivity contribution in [3.63, 3.8) is 0 Å². The molecule has 1 heterocycles. The third-order valence-corrected chi connectivity index (χ3v) is 4.93. The molecular weight excluding hydrogens is 334 g/mol. The fourth-order valence-electron chi connectivity index (χ4n) is 3.63. The zero-order valence-corrected chi connectivity index (χ0v) is 15.0. The van der Waals surface area contributed by atoms with Gasteiger partial charge in [-0.3, -0.25) is 4.79 Å². The van der Waals surface area contributed by atoms with E-state index < -0.39 is 5.97 Å². The molecule has 1 aromatic heterocycles. The van der Waals surface area contributed by atoms with E-state index in [1.54, 1.807) is 0 Å². The molecule has 0 unspecified atom stereocenters. The number of hydrogen-bond acceptors (Lipinski definition) is 1. The highest BCUT2D eigenvalue weighted by molar-refractivity contribution is 5.88. The van der Waals surface area contributed by atoms with Crippen molar-refractivity contribution in [2.75, 3.05) is 0 Å². The second-order valence-corrected chi connectivity index (χ2v) is 6.76. The predicted octanol–water partition coefficient (Wildman–Crippen LogP) is 5.25. The number of hydrogen-bond donors (Lipinski definition) is 2. The van der Waals surface area contributed by atoms with Crippen LogP contribution < -0.4 is 0 Å². The van der Waals surface area contributed by atoms with Crippen LogP contribution in [-0.4, -0.2) is 16.1 Å². The summed E-state index contributed by atoms with van der Waals surface area (Å²) in [7, 11) is 0. The molecule has 0 aliphatic carbocycles. The maximum absolute atomic E-state index is 11.3. The summed E-state index contributed by atoms with van der Waals surface area (Å²) >= 11 is 0. The van der Waals surface area contributed by atoms with Crippen LogP contribution in [-0.2, 0) is 24.1 Å². The molecule has 0 saturated heterocycles. The number of carboxylic acid groups (broad SMARTS) is 1. The van der Waals surface area contributed by atoms with Crippen molar-refractivity contribution in [1.82, 2.24) is 4.98 Å². The SMILES string of the molecule is O=C(O)Cc1c(CCc2cccc(-c3ccccc3)c2)[nH]c2ccccc12. The van der Waals surface area contributed by atoms with Crippen LogP contribution in [0.15, 0.2) is 78.9 Å². The molecule has 4 aromatic rings. The van der Waals surface area contributed by atoms with Crippen LogP contribution in [0.2, 0.25) is 0 Å². The summed E-state index contributed by atoms with van der Waals surface area (Å²) in [5.74, 6) is -0.799. The van der Waals surface area contributed by atoms with Crippen molar-refractivity contribution in [3.8, 4) is 11.1 Å². The topological polar surface area (TPSA) is 53.1 Å². The summed E-state index contributed by atoms with van der Waals surface area (Å²) in [5.41, 5.74) is 6.58. The van der Waals surface area contributed by atoms with E-state index >= 15 is 0 Å². The molecule has 0 fully saturated rings. The minimum Gasteiger partial charge on any atom is -0.481 e. The predicted molar refractivity (Wildman–Crippen MR) is 109 cm³/mol. The van der Waals surface area contributed by atoms with Crippen LogP contribution in [0, 0.1) is 0 Å². The number of aromatic nitrogens is 1. The molecule has 2 N–H and O–H groups in total. The monoisotopic (exact) mass is 355 g/mol. The smallest absolute Gasteiger partial charge is 0.307 e. The molecule has 0 aliphatic rings. The van der Waals surface area contributed by atoms with Crippen molar-refractivity contribution in [3.05, 3.63) is 95.7 Å². The number of carboxylic acids is 1. The van der Waals surface area contributed by atoms with Crippen molar-refractivity contribution in [1.29, 1.82) is 0 Å². The maximum atomic E-state index is 11.3. The number of H-pyrrole nitrogens is 1. The van der Waals surface area contributed by atoms with Gasteiger partial charge in [-0.25, -0.2) is 0 Å². The number of aromatic amines is 1. The Morgan fingerprint density at radius 3 is 2.37 bits per heavy atom. The highest BCUT2D eigenvalue weighted by Gasteiger charge is 2.14. The van der Waals surface area contributed by atoms with E-state index in [2.05, 4.69) is 41.4 Å². The van der Waals surface area contributed by atoms with Crippen LogP contribution in [0.25, 0.3) is 22.0 Å². The molecule has 3 heteroatoms. The molecule has 3 nitrogen and oxygen atoms in total. The Labute approximate surface area is 158 Å². The summed E-state index contributed by atoms with van der Waals surface area (Å²) in [6.07, 6.45) is 1.69. The molecule has 3 aromatic carbocycles. The number of aryl methyl sites for hydroxylation is 2. The van der Waals surface area contributed by atoms with Crippen LogP contribution >= 0.6 is 0 Å². The Kier molecular flexibility index (Phi) is 4.75. The van der Waals surface area contributed by atoms with Crippen LogP contribution in [0.5, 0.6) is 0 Å². The summed E-state index contributed by atoms with van der Waals surface area (Å²) in [5, 5.41) is 10.3. The molecule has 0 amide bonds. The number of fused-ring (bicyclic) bond motifs is 1. The lowest BCUT2D eigenvalue weighted by Gasteiger charge is -2.07. The quantitative estimate of drug-likeness (QED) is 0.496. The number of aliphatic carboxylic acids is 1. The van der Waals surface area contributed by atoms with Crippen molar-refractivity contribution >= 4 is 16.9 Å². The minimum absolute atomic E-state index is 0.0450. The van der Waals surface area contributed by atoms with Gasteiger partial charge in [0.1, 0.15) is 0 Å². The van der Waals surface area contributed by atoms with Gasteiger partial charge in [0.25, 0.3) is 0 Å². The summed E-state index contributed by atoms with van der Waals surface area (Å²) < 4.78 is 0. The van der Waals surface area contributed by atoms with E-state index in [1.165, 1.54) is 16.7 Å². The number of benzene rings is 3. The van der Waals surface area contributed by atoms with Gasteiger partial charge in [-0.2, -0.15) is 0 Å². The largest absolute Gasteiger partial charge is 0.481 e. The van der Waals surface area contributed by atoms with Crippen molar-refractivity contribution in [2.24, 2.45) is 0 Å². The molecule has 0 saturated carbocycles. The van der Waals surface area contributed by atoms with Crippen LogP contribution in [0.1, 0.15) is 16.8 Å². The first-order valence-corrected chi connectivity index (χ1v) is 9.15. The molecule has 0 atom stereocenters. The second-order valence-electron chi connectivity index (χ2n) is 6.76. The lowest BCUT2D eigenvalue weighted by Crippen LogP contribution is -2.03. The number of carbonyl (C=O) groups is 1. The number of nitrogens with one attached hydrogen (secondary N) is 1. The van der Waals surface area contributed by atoms with Gasteiger partial charge in [0.2, 0.25) is 0 Å². The fourth-order valence-corrected chi connectivity index (χ4v) is 3.63. The van der Waals surface area contributed by atoms with Crippen LogP contribution in [0.4, 0.5) is 0 Å². The van der Waals surface area contributed by atoms with E-state index in [9.17, 15) is 9.90 Å². The first-order valence-electron chi connectivity index (χ1n) is 9.15. The Morgan fingerprint density at radius 2 is 1.56 bits per heavy atom. The first kappa shape index (κ1) is 17.1. The summed E-state index contributed by atoms with van der Waals surface area (Å²) in [4.78, 5) is 14.7. The van der Waals surface area contributed by atoms with E-state index in [0.29, 0.717) is 0 Å². The minimum atomic E-state index is -0.799. The molecule has 0 radical (unpaired) electrons. The Balaban J connectivity index is 1.60. The second kappa shape index (κ2) is 7.50. The molecule has 0 aliphatic heterocycles. The Morgan fingerprint density at radius 1 is 0.815 bits per heavy atom. The number of rotatable bonds is 6. The lowest BCUT2D eigenvalue weighted by molar-refractivity contribution is -0.136. The fraction of sp³-hybridized carbons (Fsp3) is 0.125. The number of para-hydroxylation sites is 1. The van der Waals surface area contributed by atoms with Gasteiger partial charge in [-0.05, 0) is 41.2 Å². The lowest BCUT2D eigenvalue weighted by atomic mass is 9.99. The molecule has 0 spiro atoms. The van der Waals surface area contributed by atoms with Gasteiger partial charge < -0.3 is 10.1 Å². The van der Waals surface area contributed by atoms with Gasteiger partial charge in [0.15, 0.2) is 0 Å². The van der Waals surface area contributed by atoms with Gasteiger partial charge >= 0.3 is 5.97 Å². The molecule has 134 valence electrons. The third kappa shape index (κ3) is 3.77. The van der Waals surface area contributed by atoms with E-state index in [0.717, 1.165) is 35.0 Å². The molecule has 27 heavy (non-hydrogen) atoms.